The summed E-state index contributed by atoms with van der Waals surface area (Å²) in [7, 11) is 1.83. The van der Waals surface area contributed by atoms with Gasteiger partial charge in [0.2, 0.25) is 0 Å². The number of hydrogen-bond acceptors (Lipinski definition) is 5. The van der Waals surface area contributed by atoms with Crippen molar-refractivity contribution in [1.29, 1.82) is 0 Å². The molecule has 1 saturated heterocycles. The molecule has 3 heterocycles. The summed E-state index contributed by atoms with van der Waals surface area (Å²) in [5.74, 6) is 1.52. The van der Waals surface area contributed by atoms with Crippen molar-refractivity contribution in [3.8, 4) is 0 Å². The first kappa shape index (κ1) is 14.6. The van der Waals surface area contributed by atoms with E-state index in [0.29, 0.717) is 11.5 Å². The number of likely N-dealkylation sites (N-methyl/N-ethyl adjacent to an activating group) is 1. The Morgan fingerprint density at radius 1 is 1.45 bits per heavy atom. The maximum Gasteiger partial charge on any atom is 0.276 e. The van der Waals surface area contributed by atoms with E-state index in [1.165, 1.54) is 0 Å². The molecule has 0 aromatic carbocycles. The van der Waals surface area contributed by atoms with Crippen LogP contribution in [0.1, 0.15) is 29.1 Å². The first-order valence-electron chi connectivity index (χ1n) is 7.51. The molecule has 0 spiro atoms. The van der Waals surface area contributed by atoms with Crippen molar-refractivity contribution in [2.24, 2.45) is 0 Å². The average Bonchev–Trinajstić information content (AvgIpc) is 3.01. The van der Waals surface area contributed by atoms with E-state index < -0.39 is 0 Å². The molecule has 1 amide bonds. The summed E-state index contributed by atoms with van der Waals surface area (Å²) >= 11 is 0. The number of aromatic nitrogens is 2. The minimum absolute atomic E-state index is 0.0929. The number of rotatable bonds is 3. The SMILES string of the molecule is Cc1cc(C(=O)N(C)[C@@H]2CCCN(c3ccccn3)C2)no1. The lowest BCUT2D eigenvalue weighted by Gasteiger charge is -2.37. The summed E-state index contributed by atoms with van der Waals surface area (Å²) < 4.78 is 5.00. The number of piperidine rings is 1. The van der Waals surface area contributed by atoms with E-state index in [2.05, 4.69) is 15.0 Å². The summed E-state index contributed by atoms with van der Waals surface area (Å²) in [6, 6.07) is 7.73. The molecule has 1 atom stereocenters. The van der Waals surface area contributed by atoms with Crippen molar-refractivity contribution in [1.82, 2.24) is 15.0 Å². The fraction of sp³-hybridized carbons (Fsp3) is 0.438. The van der Waals surface area contributed by atoms with E-state index in [9.17, 15) is 4.79 Å². The first-order chi connectivity index (χ1) is 10.6. The van der Waals surface area contributed by atoms with Crippen LogP contribution in [-0.4, -0.2) is 47.1 Å². The Labute approximate surface area is 129 Å². The number of aryl methyl sites for hydroxylation is 1. The molecule has 1 aliphatic rings. The summed E-state index contributed by atoms with van der Waals surface area (Å²) in [4.78, 5) is 20.9. The van der Waals surface area contributed by atoms with Gasteiger partial charge in [-0.3, -0.25) is 4.79 Å². The molecule has 3 rings (SSSR count). The fourth-order valence-corrected chi connectivity index (χ4v) is 2.83. The lowest BCUT2D eigenvalue weighted by atomic mass is 10.0. The second-order valence-corrected chi connectivity index (χ2v) is 5.67. The van der Waals surface area contributed by atoms with Crippen LogP contribution in [0.4, 0.5) is 5.82 Å². The van der Waals surface area contributed by atoms with Gasteiger partial charge in [0.05, 0.1) is 0 Å². The molecule has 2 aromatic heterocycles. The number of carbonyl (C=O) groups excluding carboxylic acids is 1. The molecule has 2 aromatic rings. The average molecular weight is 300 g/mol. The van der Waals surface area contributed by atoms with E-state index >= 15 is 0 Å². The molecule has 1 fully saturated rings. The lowest BCUT2D eigenvalue weighted by molar-refractivity contribution is 0.0706. The highest BCUT2D eigenvalue weighted by atomic mass is 16.5. The lowest BCUT2D eigenvalue weighted by Crippen LogP contribution is -2.49. The zero-order chi connectivity index (χ0) is 15.5. The van der Waals surface area contributed by atoms with Gasteiger partial charge in [-0.05, 0) is 31.9 Å². The van der Waals surface area contributed by atoms with Crippen LogP contribution in [0.5, 0.6) is 0 Å². The summed E-state index contributed by atoms with van der Waals surface area (Å²) in [5.41, 5.74) is 0.370. The van der Waals surface area contributed by atoms with E-state index in [1.807, 2.05) is 25.2 Å². The van der Waals surface area contributed by atoms with Crippen molar-refractivity contribution in [3.63, 3.8) is 0 Å². The molecule has 0 bridgehead atoms. The van der Waals surface area contributed by atoms with Crippen LogP contribution >= 0.6 is 0 Å². The number of pyridine rings is 1. The Kier molecular flexibility index (Phi) is 4.09. The van der Waals surface area contributed by atoms with Crippen LogP contribution in [0.15, 0.2) is 35.0 Å². The van der Waals surface area contributed by atoms with Crippen LogP contribution in [0.25, 0.3) is 0 Å². The second-order valence-electron chi connectivity index (χ2n) is 5.67. The molecule has 22 heavy (non-hydrogen) atoms. The maximum absolute atomic E-state index is 12.5. The Hall–Kier alpha value is -2.37. The molecule has 0 N–H and O–H groups in total. The second kappa shape index (κ2) is 6.17. The Morgan fingerprint density at radius 3 is 3.00 bits per heavy atom. The van der Waals surface area contributed by atoms with Gasteiger partial charge in [0.1, 0.15) is 11.6 Å². The van der Waals surface area contributed by atoms with Gasteiger partial charge in [0.25, 0.3) is 5.91 Å². The van der Waals surface area contributed by atoms with Crippen molar-refractivity contribution in [2.75, 3.05) is 25.0 Å². The predicted octanol–water partition coefficient (Wildman–Crippen LogP) is 2.12. The van der Waals surface area contributed by atoms with Gasteiger partial charge in [0.15, 0.2) is 5.69 Å². The highest BCUT2D eigenvalue weighted by molar-refractivity contribution is 5.92. The van der Waals surface area contributed by atoms with Gasteiger partial charge in [-0.2, -0.15) is 0 Å². The van der Waals surface area contributed by atoms with Gasteiger partial charge in [-0.15, -0.1) is 0 Å². The standard InChI is InChI=1S/C16H20N4O2/c1-12-10-14(18-22-12)16(21)19(2)13-6-5-9-20(11-13)15-7-3-4-8-17-15/h3-4,7-8,10,13H,5-6,9,11H2,1-2H3/t13-/m1/s1. The van der Waals surface area contributed by atoms with Crippen molar-refractivity contribution >= 4 is 11.7 Å². The third-order valence-electron chi connectivity index (χ3n) is 4.08. The molecule has 0 unspecified atom stereocenters. The maximum atomic E-state index is 12.5. The van der Waals surface area contributed by atoms with Gasteiger partial charge in [-0.1, -0.05) is 11.2 Å². The number of anilines is 1. The van der Waals surface area contributed by atoms with Gasteiger partial charge in [-0.25, -0.2) is 4.98 Å². The van der Waals surface area contributed by atoms with Crippen LogP contribution in [0, 0.1) is 6.92 Å². The smallest absolute Gasteiger partial charge is 0.276 e. The number of hydrogen-bond donors (Lipinski definition) is 0. The van der Waals surface area contributed by atoms with Crippen LogP contribution < -0.4 is 4.90 Å². The molecule has 116 valence electrons. The molecular formula is C16H20N4O2. The first-order valence-corrected chi connectivity index (χ1v) is 7.51. The van der Waals surface area contributed by atoms with Crippen molar-refractivity contribution in [3.05, 3.63) is 41.9 Å². The molecule has 1 aliphatic heterocycles. The molecule has 0 saturated carbocycles. The minimum Gasteiger partial charge on any atom is -0.361 e. The summed E-state index contributed by atoms with van der Waals surface area (Å²) in [6.45, 7) is 3.54. The molecule has 6 heteroatoms. The quantitative estimate of drug-likeness (QED) is 0.869. The Bertz CT molecular complexity index is 641. The normalized spacial score (nSPS) is 18.3. The van der Waals surface area contributed by atoms with Crippen molar-refractivity contribution in [2.45, 2.75) is 25.8 Å². The Morgan fingerprint density at radius 2 is 2.32 bits per heavy atom. The predicted molar refractivity (Wildman–Crippen MR) is 82.8 cm³/mol. The number of amides is 1. The highest BCUT2D eigenvalue weighted by Gasteiger charge is 2.28. The monoisotopic (exact) mass is 300 g/mol. The van der Waals surface area contributed by atoms with E-state index in [-0.39, 0.29) is 11.9 Å². The summed E-state index contributed by atoms with van der Waals surface area (Å²) in [6.07, 6.45) is 3.82. The van der Waals surface area contributed by atoms with E-state index in [1.54, 1.807) is 24.1 Å². The largest absolute Gasteiger partial charge is 0.361 e. The zero-order valence-electron chi connectivity index (χ0n) is 12.9. The van der Waals surface area contributed by atoms with Gasteiger partial charge >= 0.3 is 0 Å². The fourth-order valence-electron chi connectivity index (χ4n) is 2.83. The summed E-state index contributed by atoms with van der Waals surface area (Å²) in [5, 5.41) is 3.82. The molecule has 0 radical (unpaired) electrons. The topological polar surface area (TPSA) is 62.5 Å². The molecule has 0 aliphatic carbocycles. The third kappa shape index (κ3) is 2.95. The van der Waals surface area contributed by atoms with Gasteiger partial charge in [0, 0.05) is 38.4 Å². The van der Waals surface area contributed by atoms with Crippen LogP contribution in [0.3, 0.4) is 0 Å². The third-order valence-corrected chi connectivity index (χ3v) is 4.08. The Balaban J connectivity index is 1.70. The van der Waals surface area contributed by atoms with Crippen LogP contribution in [0.2, 0.25) is 0 Å². The number of nitrogens with zero attached hydrogens (tertiary/aromatic N) is 4. The van der Waals surface area contributed by atoms with Crippen molar-refractivity contribution < 1.29 is 9.32 Å². The highest BCUT2D eigenvalue weighted by Crippen LogP contribution is 2.21. The zero-order valence-corrected chi connectivity index (χ0v) is 12.9. The minimum atomic E-state index is -0.0929. The van der Waals surface area contributed by atoms with E-state index in [0.717, 1.165) is 31.7 Å². The molecular weight excluding hydrogens is 280 g/mol. The van der Waals surface area contributed by atoms with Gasteiger partial charge < -0.3 is 14.3 Å². The van der Waals surface area contributed by atoms with E-state index in [4.69, 9.17) is 4.52 Å². The number of carbonyl (C=O) groups is 1. The molecule has 6 nitrogen and oxygen atoms in total. The van der Waals surface area contributed by atoms with Crippen LogP contribution in [-0.2, 0) is 0 Å².